The zero-order valence-electron chi connectivity index (χ0n) is 13.8. The summed E-state index contributed by atoms with van der Waals surface area (Å²) < 4.78 is 9.94. The fourth-order valence-electron chi connectivity index (χ4n) is 2.49. The summed E-state index contributed by atoms with van der Waals surface area (Å²) in [5.41, 5.74) is 1.39. The maximum Gasteiger partial charge on any atom is 0.319 e. The van der Waals surface area contributed by atoms with Crippen LogP contribution in [0.5, 0.6) is 0 Å². The third kappa shape index (κ3) is 5.01. The summed E-state index contributed by atoms with van der Waals surface area (Å²) in [6, 6.07) is 4.61. The summed E-state index contributed by atoms with van der Waals surface area (Å²) >= 11 is 6.32. The minimum atomic E-state index is -0.400. The minimum Gasteiger partial charge on any atom is -0.469 e. The third-order valence-electron chi connectivity index (χ3n) is 3.64. The second-order valence-electron chi connectivity index (χ2n) is 5.52. The largest absolute Gasteiger partial charge is 0.469 e. The molecule has 1 aliphatic rings. The number of carbonyl (C=O) groups is 2. The molecular weight excluding hydrogens is 334 g/mol. The molecule has 1 heterocycles. The van der Waals surface area contributed by atoms with Crippen molar-refractivity contribution in [1.82, 2.24) is 5.32 Å². The fourth-order valence-corrected chi connectivity index (χ4v) is 2.79. The molecule has 1 saturated heterocycles. The number of anilines is 2. The van der Waals surface area contributed by atoms with Gasteiger partial charge >= 0.3 is 12.0 Å². The lowest BCUT2D eigenvalue weighted by molar-refractivity contribution is -0.141. The molecule has 0 spiro atoms. The van der Waals surface area contributed by atoms with E-state index in [1.807, 2.05) is 0 Å². The van der Waals surface area contributed by atoms with E-state index in [0.717, 1.165) is 5.69 Å². The number of esters is 1. The Bertz CT molecular complexity index is 591. The summed E-state index contributed by atoms with van der Waals surface area (Å²) in [4.78, 5) is 25.5. The van der Waals surface area contributed by atoms with Crippen LogP contribution in [-0.4, -0.2) is 51.5 Å². The zero-order chi connectivity index (χ0) is 17.5. The number of para-hydroxylation sites is 1. The first kappa shape index (κ1) is 18.4. The number of hydrogen-bond donors (Lipinski definition) is 2. The van der Waals surface area contributed by atoms with Crippen molar-refractivity contribution in [1.29, 1.82) is 0 Å². The number of amides is 2. The molecule has 0 bridgehead atoms. The van der Waals surface area contributed by atoms with Crippen molar-refractivity contribution in [2.24, 2.45) is 0 Å². The summed E-state index contributed by atoms with van der Waals surface area (Å²) in [5.74, 6) is -0.375. The molecule has 1 aromatic rings. The van der Waals surface area contributed by atoms with Crippen molar-refractivity contribution in [2.45, 2.75) is 19.4 Å². The van der Waals surface area contributed by atoms with Crippen molar-refractivity contribution in [3.8, 4) is 0 Å². The molecule has 1 fully saturated rings. The number of urea groups is 1. The van der Waals surface area contributed by atoms with Gasteiger partial charge in [-0.2, -0.15) is 0 Å². The quantitative estimate of drug-likeness (QED) is 0.792. The van der Waals surface area contributed by atoms with Crippen molar-refractivity contribution < 1.29 is 19.1 Å². The van der Waals surface area contributed by atoms with Crippen molar-refractivity contribution in [3.63, 3.8) is 0 Å². The van der Waals surface area contributed by atoms with Crippen LogP contribution in [0.3, 0.4) is 0 Å². The molecule has 8 heteroatoms. The Hall–Kier alpha value is -1.99. The van der Waals surface area contributed by atoms with Crippen LogP contribution in [0.4, 0.5) is 16.2 Å². The van der Waals surface area contributed by atoms with Crippen LogP contribution in [0.25, 0.3) is 0 Å². The number of nitrogens with one attached hydrogen (secondary N) is 2. The Kier molecular flexibility index (Phi) is 6.69. The number of nitrogens with zero attached hydrogens (tertiary/aromatic N) is 1. The molecule has 7 nitrogen and oxygen atoms in total. The Balaban J connectivity index is 2.04. The minimum absolute atomic E-state index is 0.107. The first-order valence-electron chi connectivity index (χ1n) is 7.76. The second-order valence-corrected chi connectivity index (χ2v) is 5.92. The van der Waals surface area contributed by atoms with Crippen LogP contribution in [0.15, 0.2) is 18.2 Å². The van der Waals surface area contributed by atoms with Crippen molar-refractivity contribution in [2.75, 3.05) is 43.6 Å². The van der Waals surface area contributed by atoms with E-state index < -0.39 is 6.03 Å². The van der Waals surface area contributed by atoms with Crippen LogP contribution in [-0.2, 0) is 14.3 Å². The number of ether oxygens (including phenoxy) is 2. The van der Waals surface area contributed by atoms with E-state index >= 15 is 0 Å². The predicted molar refractivity (Wildman–Crippen MR) is 92.7 cm³/mol. The highest BCUT2D eigenvalue weighted by Gasteiger charge is 2.19. The molecule has 0 aromatic heterocycles. The highest BCUT2D eigenvalue weighted by atomic mass is 35.5. The Labute approximate surface area is 146 Å². The number of carbonyl (C=O) groups excluding carboxylic acids is 2. The second kappa shape index (κ2) is 8.75. The average Bonchev–Trinajstić information content (AvgIpc) is 2.55. The van der Waals surface area contributed by atoms with Gasteiger partial charge in [0.15, 0.2) is 0 Å². The molecule has 0 unspecified atom stereocenters. The number of methoxy groups -OCH3 is 1. The smallest absolute Gasteiger partial charge is 0.319 e. The number of morpholine rings is 1. The molecule has 2 rings (SSSR count). The first-order valence-corrected chi connectivity index (χ1v) is 8.14. The average molecular weight is 356 g/mol. The third-order valence-corrected chi connectivity index (χ3v) is 3.95. The fraction of sp³-hybridized carbons (Fsp3) is 0.500. The standard InChI is InChI=1S/C16H22ClN3O4/c1-11(10-14(21)23-2)18-16(22)19-13-5-3-4-12(17)15(13)20-6-8-24-9-7-20/h3-5,11H,6-10H2,1-2H3,(H2,18,19,22)/t11-/m0/s1. The summed E-state index contributed by atoms with van der Waals surface area (Å²) in [6.07, 6.45) is 0.107. The molecule has 1 aromatic carbocycles. The lowest BCUT2D eigenvalue weighted by Crippen LogP contribution is -2.39. The predicted octanol–water partition coefficient (Wildman–Crippen LogP) is 2.25. The molecular formula is C16H22ClN3O4. The van der Waals surface area contributed by atoms with Gasteiger partial charge in [0.1, 0.15) is 0 Å². The van der Waals surface area contributed by atoms with Gasteiger partial charge in [0.05, 0.1) is 43.1 Å². The number of hydrogen-bond acceptors (Lipinski definition) is 5. The Morgan fingerprint density at radius 3 is 2.75 bits per heavy atom. The molecule has 0 saturated carbocycles. The Morgan fingerprint density at radius 1 is 1.38 bits per heavy atom. The van der Waals surface area contributed by atoms with E-state index in [2.05, 4.69) is 20.3 Å². The molecule has 24 heavy (non-hydrogen) atoms. The lowest BCUT2D eigenvalue weighted by atomic mass is 10.2. The zero-order valence-corrected chi connectivity index (χ0v) is 14.6. The summed E-state index contributed by atoms with van der Waals surface area (Å²) in [6.45, 7) is 4.38. The highest BCUT2D eigenvalue weighted by Crippen LogP contribution is 2.34. The summed E-state index contributed by atoms with van der Waals surface area (Å²) in [7, 11) is 1.32. The Morgan fingerprint density at radius 2 is 2.08 bits per heavy atom. The number of benzene rings is 1. The molecule has 0 radical (unpaired) electrons. The van der Waals surface area contributed by atoms with Crippen LogP contribution in [0, 0.1) is 0 Å². The SMILES string of the molecule is COC(=O)C[C@H](C)NC(=O)Nc1cccc(Cl)c1N1CCOCC1. The monoisotopic (exact) mass is 355 g/mol. The van der Waals surface area contributed by atoms with Crippen molar-refractivity contribution in [3.05, 3.63) is 23.2 Å². The molecule has 132 valence electrons. The van der Waals surface area contributed by atoms with Crippen LogP contribution in [0.2, 0.25) is 5.02 Å². The van der Waals surface area contributed by atoms with E-state index in [-0.39, 0.29) is 18.4 Å². The van der Waals surface area contributed by atoms with Crippen molar-refractivity contribution >= 4 is 35.0 Å². The molecule has 2 N–H and O–H groups in total. The van der Waals surface area contributed by atoms with Gasteiger partial charge in [-0.1, -0.05) is 17.7 Å². The van der Waals surface area contributed by atoms with Gasteiger partial charge in [-0.15, -0.1) is 0 Å². The van der Waals surface area contributed by atoms with Gasteiger partial charge in [-0.25, -0.2) is 4.79 Å². The molecule has 0 aliphatic carbocycles. The maximum absolute atomic E-state index is 12.2. The van der Waals surface area contributed by atoms with Crippen LogP contribution in [0.1, 0.15) is 13.3 Å². The lowest BCUT2D eigenvalue weighted by Gasteiger charge is -2.31. The van der Waals surface area contributed by atoms with Gasteiger partial charge in [0.25, 0.3) is 0 Å². The number of halogens is 1. The van der Waals surface area contributed by atoms with Gasteiger partial charge in [0.2, 0.25) is 0 Å². The van der Waals surface area contributed by atoms with E-state index in [0.29, 0.717) is 37.0 Å². The molecule has 1 atom stereocenters. The topological polar surface area (TPSA) is 79.9 Å². The van der Waals surface area contributed by atoms with E-state index in [4.69, 9.17) is 16.3 Å². The normalized spacial score (nSPS) is 15.5. The summed E-state index contributed by atoms with van der Waals surface area (Å²) in [5, 5.41) is 6.07. The van der Waals surface area contributed by atoms with Gasteiger partial charge in [-0.3, -0.25) is 4.79 Å². The highest BCUT2D eigenvalue weighted by molar-refractivity contribution is 6.34. The van der Waals surface area contributed by atoms with E-state index in [1.54, 1.807) is 25.1 Å². The first-order chi connectivity index (χ1) is 11.5. The van der Waals surface area contributed by atoms with Crippen LogP contribution < -0.4 is 15.5 Å². The van der Waals surface area contributed by atoms with Gasteiger partial charge in [0, 0.05) is 19.1 Å². The molecule has 1 aliphatic heterocycles. The number of rotatable bonds is 5. The van der Waals surface area contributed by atoms with Gasteiger partial charge < -0.3 is 25.0 Å². The van der Waals surface area contributed by atoms with E-state index in [1.165, 1.54) is 7.11 Å². The maximum atomic E-state index is 12.2. The molecule has 2 amide bonds. The van der Waals surface area contributed by atoms with E-state index in [9.17, 15) is 9.59 Å². The van der Waals surface area contributed by atoms with Gasteiger partial charge in [-0.05, 0) is 19.1 Å². The van der Waals surface area contributed by atoms with Crippen LogP contribution >= 0.6 is 11.6 Å².